The summed E-state index contributed by atoms with van der Waals surface area (Å²) in [7, 11) is 0. The van der Waals surface area contributed by atoms with Crippen molar-refractivity contribution in [2.24, 2.45) is 11.0 Å². The predicted molar refractivity (Wildman–Crippen MR) is 65.1 cm³/mol. The van der Waals surface area contributed by atoms with E-state index in [-0.39, 0.29) is 0 Å². The van der Waals surface area contributed by atoms with E-state index in [1.54, 1.807) is 0 Å². The molecular weight excluding hydrogens is 204 g/mol. The van der Waals surface area contributed by atoms with Gasteiger partial charge in [0.15, 0.2) is 0 Å². The van der Waals surface area contributed by atoms with Crippen molar-refractivity contribution in [2.45, 2.75) is 26.7 Å². The highest BCUT2D eigenvalue weighted by atomic mass is 16.2. The van der Waals surface area contributed by atoms with Gasteiger partial charge in [0.1, 0.15) is 6.29 Å². The van der Waals surface area contributed by atoms with Crippen LogP contribution in [0.1, 0.15) is 26.7 Å². The fourth-order valence-electron chi connectivity index (χ4n) is 0.994. The Morgan fingerprint density at radius 2 is 2.25 bits per heavy atom. The first-order valence-corrected chi connectivity index (χ1v) is 5.18. The second kappa shape index (κ2) is 8.59. The minimum atomic E-state index is -0.401. The number of allylic oxidation sites excluding steroid dienone is 2. The van der Waals surface area contributed by atoms with E-state index in [0.29, 0.717) is 12.2 Å². The Labute approximate surface area is 96.1 Å². The summed E-state index contributed by atoms with van der Waals surface area (Å²) >= 11 is 0. The average Bonchev–Trinajstić information content (AvgIpc) is 2.30. The molecule has 0 spiro atoms. The van der Waals surface area contributed by atoms with Crippen molar-refractivity contribution in [1.82, 2.24) is 5.43 Å². The molecule has 0 rings (SSSR count). The monoisotopic (exact) mass is 222 g/mol. The molecule has 1 atom stereocenters. The summed E-state index contributed by atoms with van der Waals surface area (Å²) in [5.74, 6) is -0.101. The van der Waals surface area contributed by atoms with E-state index in [1.165, 1.54) is 0 Å². The number of nitrogens with zero attached hydrogens (tertiary/aromatic N) is 1. The van der Waals surface area contributed by atoms with Crippen LogP contribution in [-0.4, -0.2) is 17.9 Å². The topological polar surface area (TPSA) is 58.5 Å². The standard InChI is InChI=1S/C12H18N2O2/c1-4-5-7-10(2)11(3)13-14-12(16)8-6-9-15/h4,6,8-10H,1,5,7H2,2-3H3,(H,14,16)/b8-6+,13-11+. The van der Waals surface area contributed by atoms with Crippen molar-refractivity contribution in [3.63, 3.8) is 0 Å². The van der Waals surface area contributed by atoms with Gasteiger partial charge in [-0.15, -0.1) is 6.58 Å². The number of amides is 1. The first-order valence-electron chi connectivity index (χ1n) is 5.18. The van der Waals surface area contributed by atoms with E-state index in [1.807, 2.05) is 19.9 Å². The van der Waals surface area contributed by atoms with Crippen molar-refractivity contribution in [1.29, 1.82) is 0 Å². The lowest BCUT2D eigenvalue weighted by Gasteiger charge is -2.08. The van der Waals surface area contributed by atoms with Crippen molar-refractivity contribution in [3.8, 4) is 0 Å². The molecule has 4 heteroatoms. The number of rotatable bonds is 7. The molecule has 1 N–H and O–H groups in total. The van der Waals surface area contributed by atoms with Crippen LogP contribution in [0.25, 0.3) is 0 Å². The van der Waals surface area contributed by atoms with Crippen LogP contribution in [0.5, 0.6) is 0 Å². The van der Waals surface area contributed by atoms with Crippen LogP contribution in [0.15, 0.2) is 29.9 Å². The number of hydrogen-bond acceptors (Lipinski definition) is 3. The highest BCUT2D eigenvalue weighted by Gasteiger charge is 2.04. The number of carbonyl (C=O) groups excluding carboxylic acids is 2. The average molecular weight is 222 g/mol. The van der Waals surface area contributed by atoms with Gasteiger partial charge in [-0.3, -0.25) is 9.59 Å². The third-order valence-corrected chi connectivity index (χ3v) is 2.19. The molecule has 0 saturated heterocycles. The molecule has 16 heavy (non-hydrogen) atoms. The van der Waals surface area contributed by atoms with Crippen LogP contribution >= 0.6 is 0 Å². The molecule has 0 heterocycles. The Hall–Kier alpha value is -1.71. The van der Waals surface area contributed by atoms with Crippen LogP contribution in [-0.2, 0) is 9.59 Å². The summed E-state index contributed by atoms with van der Waals surface area (Å²) in [5.41, 5.74) is 3.21. The first kappa shape index (κ1) is 14.3. The van der Waals surface area contributed by atoms with Gasteiger partial charge in [-0.05, 0) is 31.8 Å². The summed E-state index contributed by atoms with van der Waals surface area (Å²) in [6.45, 7) is 7.54. The molecule has 1 amide bonds. The summed E-state index contributed by atoms with van der Waals surface area (Å²) in [6, 6.07) is 0. The minimum Gasteiger partial charge on any atom is -0.299 e. The zero-order valence-corrected chi connectivity index (χ0v) is 9.77. The molecule has 0 radical (unpaired) electrons. The Morgan fingerprint density at radius 3 is 2.81 bits per heavy atom. The maximum absolute atomic E-state index is 11.1. The summed E-state index contributed by atoms with van der Waals surface area (Å²) in [6.07, 6.45) is 6.55. The van der Waals surface area contributed by atoms with E-state index in [0.717, 1.165) is 30.7 Å². The maximum Gasteiger partial charge on any atom is 0.264 e. The largest absolute Gasteiger partial charge is 0.299 e. The quantitative estimate of drug-likeness (QED) is 0.235. The van der Waals surface area contributed by atoms with Gasteiger partial charge in [0.05, 0.1) is 0 Å². The molecule has 0 saturated carbocycles. The Balaban J connectivity index is 4.11. The highest BCUT2D eigenvalue weighted by molar-refractivity contribution is 5.92. The highest BCUT2D eigenvalue weighted by Crippen LogP contribution is 2.07. The van der Waals surface area contributed by atoms with Crippen molar-refractivity contribution in [3.05, 3.63) is 24.8 Å². The Kier molecular flexibility index (Phi) is 7.67. The van der Waals surface area contributed by atoms with Gasteiger partial charge in [0.2, 0.25) is 0 Å². The van der Waals surface area contributed by atoms with E-state index < -0.39 is 5.91 Å². The summed E-state index contributed by atoms with van der Waals surface area (Å²) in [4.78, 5) is 21.0. The van der Waals surface area contributed by atoms with Crippen molar-refractivity contribution in [2.75, 3.05) is 0 Å². The number of hydrogen-bond donors (Lipinski definition) is 1. The number of nitrogens with one attached hydrogen (secondary N) is 1. The molecule has 0 aliphatic heterocycles. The molecular formula is C12H18N2O2. The fraction of sp³-hybridized carbons (Fsp3) is 0.417. The lowest BCUT2D eigenvalue weighted by Crippen LogP contribution is -2.19. The lowest BCUT2D eigenvalue weighted by molar-refractivity contribution is -0.116. The SMILES string of the molecule is C=CCCC(C)/C(C)=N/NC(=O)/C=C/C=O. The lowest BCUT2D eigenvalue weighted by atomic mass is 10.0. The number of carbonyl (C=O) groups is 2. The van der Waals surface area contributed by atoms with E-state index in [9.17, 15) is 9.59 Å². The molecule has 1 unspecified atom stereocenters. The van der Waals surface area contributed by atoms with Crippen LogP contribution in [0.4, 0.5) is 0 Å². The minimum absolute atomic E-state index is 0.299. The van der Waals surface area contributed by atoms with Gasteiger partial charge < -0.3 is 0 Å². The predicted octanol–water partition coefficient (Wildman–Crippen LogP) is 1.84. The van der Waals surface area contributed by atoms with Crippen LogP contribution < -0.4 is 5.43 Å². The van der Waals surface area contributed by atoms with E-state index in [4.69, 9.17) is 0 Å². The molecule has 0 bridgehead atoms. The molecule has 0 aromatic heterocycles. The van der Waals surface area contributed by atoms with Crippen molar-refractivity contribution < 1.29 is 9.59 Å². The molecule has 0 aromatic rings. The van der Waals surface area contributed by atoms with E-state index in [2.05, 4.69) is 17.1 Å². The van der Waals surface area contributed by atoms with Crippen LogP contribution in [0.2, 0.25) is 0 Å². The summed E-state index contributed by atoms with van der Waals surface area (Å²) < 4.78 is 0. The molecule has 88 valence electrons. The second-order valence-electron chi connectivity index (χ2n) is 3.49. The third-order valence-electron chi connectivity index (χ3n) is 2.19. The third kappa shape index (κ3) is 6.70. The van der Waals surface area contributed by atoms with Gasteiger partial charge >= 0.3 is 0 Å². The number of hydrazone groups is 1. The Bertz CT molecular complexity index is 306. The molecule has 0 aliphatic carbocycles. The van der Waals surface area contributed by atoms with Gasteiger partial charge in [0, 0.05) is 11.8 Å². The van der Waals surface area contributed by atoms with Crippen LogP contribution in [0.3, 0.4) is 0 Å². The molecule has 0 fully saturated rings. The van der Waals surface area contributed by atoms with Gasteiger partial charge in [-0.25, -0.2) is 5.43 Å². The van der Waals surface area contributed by atoms with Crippen molar-refractivity contribution >= 4 is 17.9 Å². The second-order valence-corrected chi connectivity index (χ2v) is 3.49. The Morgan fingerprint density at radius 1 is 1.56 bits per heavy atom. The normalized spacial score (nSPS) is 13.5. The summed E-state index contributed by atoms with van der Waals surface area (Å²) in [5, 5.41) is 3.95. The smallest absolute Gasteiger partial charge is 0.264 e. The number of aldehydes is 1. The molecule has 0 aromatic carbocycles. The van der Waals surface area contributed by atoms with Crippen LogP contribution in [0, 0.1) is 5.92 Å². The fourth-order valence-corrected chi connectivity index (χ4v) is 0.994. The van der Waals surface area contributed by atoms with Gasteiger partial charge in [-0.2, -0.15) is 5.10 Å². The maximum atomic E-state index is 11.1. The van der Waals surface area contributed by atoms with Gasteiger partial charge in [-0.1, -0.05) is 13.0 Å². The van der Waals surface area contributed by atoms with Gasteiger partial charge in [0.25, 0.3) is 5.91 Å². The van der Waals surface area contributed by atoms with E-state index >= 15 is 0 Å². The first-order chi connectivity index (χ1) is 7.61. The zero-order valence-electron chi connectivity index (χ0n) is 9.77. The molecule has 4 nitrogen and oxygen atoms in total. The zero-order chi connectivity index (χ0) is 12.4. The molecule has 0 aliphatic rings.